The summed E-state index contributed by atoms with van der Waals surface area (Å²) in [5.74, 6) is -0.558. The summed E-state index contributed by atoms with van der Waals surface area (Å²) >= 11 is 0. The highest BCUT2D eigenvalue weighted by Gasteiger charge is 2.34. The van der Waals surface area contributed by atoms with Crippen LogP contribution in [0.2, 0.25) is 0 Å². The van der Waals surface area contributed by atoms with Gasteiger partial charge in [-0.2, -0.15) is 5.10 Å². The Balaban J connectivity index is 1.78. The number of alkyl halides is 2. The number of benzene rings is 1. The zero-order valence-corrected chi connectivity index (χ0v) is 17.0. The van der Waals surface area contributed by atoms with Crippen molar-refractivity contribution in [2.75, 3.05) is 5.32 Å². The number of fused-ring (bicyclic) bond motifs is 1. The highest BCUT2D eigenvalue weighted by atomic mass is 19.3. The average molecular weight is 416 g/mol. The van der Waals surface area contributed by atoms with Gasteiger partial charge in [-0.25, -0.2) is 13.2 Å². The number of anilines is 1. The molecule has 0 bridgehead atoms. The molecule has 0 saturated heterocycles. The first kappa shape index (κ1) is 20.4. The Labute approximate surface area is 171 Å². The van der Waals surface area contributed by atoms with Crippen LogP contribution in [-0.2, 0) is 5.54 Å². The maximum absolute atomic E-state index is 14.6. The van der Waals surface area contributed by atoms with Crippen LogP contribution < -0.4 is 10.9 Å². The monoisotopic (exact) mass is 416 g/mol. The molecule has 0 radical (unpaired) electrons. The van der Waals surface area contributed by atoms with Crippen molar-refractivity contribution < 1.29 is 13.2 Å². The second-order valence-corrected chi connectivity index (χ2v) is 8.21. The molecule has 0 aliphatic heterocycles. The van der Waals surface area contributed by atoms with Gasteiger partial charge in [-0.3, -0.25) is 4.79 Å². The first-order chi connectivity index (χ1) is 14.2. The molecule has 0 unspecified atom stereocenters. The molecule has 2 heterocycles. The number of hydrogen-bond acceptors (Lipinski definition) is 4. The molecule has 1 saturated carbocycles. The lowest BCUT2D eigenvalue weighted by Crippen LogP contribution is -2.43. The Kier molecular flexibility index (Phi) is 5.03. The number of hydrogen-bond donors (Lipinski definition) is 1. The van der Waals surface area contributed by atoms with Crippen molar-refractivity contribution in [1.29, 1.82) is 0 Å². The molecule has 8 heteroatoms. The second kappa shape index (κ2) is 7.41. The average Bonchev–Trinajstić information content (AvgIpc) is 2.68. The van der Waals surface area contributed by atoms with Crippen molar-refractivity contribution in [2.24, 2.45) is 0 Å². The standard InChI is InChI=1S/C22H23F3N4O/c1-12(14-6-4-7-15(19(14)23)20(24)25)26-21-17-11-29(22(3)8-5-9-22)18(30)10-16(17)13(2)27-28-21/h4,6-7,10-12,20H,5,8-9H2,1-3H3,(H,26,28)/t12-/m1/s1. The maximum Gasteiger partial charge on any atom is 0.266 e. The Hall–Kier alpha value is -2.90. The van der Waals surface area contributed by atoms with Crippen LogP contribution in [0.3, 0.4) is 0 Å². The topological polar surface area (TPSA) is 59.8 Å². The lowest BCUT2D eigenvalue weighted by atomic mass is 9.78. The minimum atomic E-state index is -2.89. The third-order valence-corrected chi connectivity index (χ3v) is 6.12. The zero-order chi connectivity index (χ0) is 21.6. The Morgan fingerprint density at radius 3 is 2.50 bits per heavy atom. The van der Waals surface area contributed by atoms with Gasteiger partial charge < -0.3 is 9.88 Å². The fourth-order valence-electron chi connectivity index (χ4n) is 4.07. The molecule has 2 aromatic heterocycles. The van der Waals surface area contributed by atoms with Gasteiger partial charge in [-0.1, -0.05) is 18.2 Å². The van der Waals surface area contributed by atoms with Crippen molar-refractivity contribution >= 4 is 16.6 Å². The van der Waals surface area contributed by atoms with Gasteiger partial charge in [-0.05, 0) is 40.0 Å². The lowest BCUT2D eigenvalue weighted by molar-refractivity contribution is 0.146. The van der Waals surface area contributed by atoms with Gasteiger partial charge in [0.25, 0.3) is 12.0 Å². The molecule has 30 heavy (non-hydrogen) atoms. The summed E-state index contributed by atoms with van der Waals surface area (Å²) in [5.41, 5.74) is -0.244. The van der Waals surface area contributed by atoms with E-state index in [4.69, 9.17) is 0 Å². The van der Waals surface area contributed by atoms with Crippen LogP contribution in [0, 0.1) is 12.7 Å². The normalized spacial score (nSPS) is 16.5. The van der Waals surface area contributed by atoms with E-state index < -0.39 is 23.8 Å². The predicted octanol–water partition coefficient (Wildman–Crippen LogP) is 5.25. The predicted molar refractivity (Wildman–Crippen MR) is 109 cm³/mol. The number of halogens is 3. The SMILES string of the molecule is Cc1nnc(N[C@H](C)c2cccc(C(F)F)c2F)c2cn(C3(C)CCC3)c(=O)cc12. The molecule has 1 aliphatic carbocycles. The lowest BCUT2D eigenvalue weighted by Gasteiger charge is -2.40. The van der Waals surface area contributed by atoms with Crippen LogP contribution in [0.25, 0.3) is 10.8 Å². The molecule has 0 spiro atoms. The van der Waals surface area contributed by atoms with Gasteiger partial charge in [0.05, 0.1) is 17.3 Å². The van der Waals surface area contributed by atoms with Gasteiger partial charge in [0.1, 0.15) is 5.82 Å². The molecule has 158 valence electrons. The molecule has 5 nitrogen and oxygen atoms in total. The van der Waals surface area contributed by atoms with Crippen molar-refractivity contribution in [1.82, 2.24) is 14.8 Å². The van der Waals surface area contributed by atoms with E-state index >= 15 is 0 Å². The van der Waals surface area contributed by atoms with Crippen molar-refractivity contribution in [3.63, 3.8) is 0 Å². The third kappa shape index (κ3) is 3.34. The largest absolute Gasteiger partial charge is 0.361 e. The minimum absolute atomic E-state index is 0.101. The number of aromatic nitrogens is 3. The Bertz CT molecular complexity index is 1170. The van der Waals surface area contributed by atoms with Crippen LogP contribution in [0.4, 0.5) is 19.0 Å². The summed E-state index contributed by atoms with van der Waals surface area (Å²) in [6, 6.07) is 4.87. The van der Waals surface area contributed by atoms with Gasteiger partial charge in [0, 0.05) is 34.1 Å². The number of aryl methyl sites for hydroxylation is 1. The number of nitrogens with one attached hydrogen (secondary N) is 1. The molecule has 1 aromatic carbocycles. The molecular formula is C22H23F3N4O. The van der Waals surface area contributed by atoms with Crippen LogP contribution in [0.1, 0.15) is 62.4 Å². The minimum Gasteiger partial charge on any atom is -0.361 e. The molecule has 0 amide bonds. The Morgan fingerprint density at radius 1 is 1.17 bits per heavy atom. The third-order valence-electron chi connectivity index (χ3n) is 6.12. The van der Waals surface area contributed by atoms with Crippen molar-refractivity contribution in [3.8, 4) is 0 Å². The van der Waals surface area contributed by atoms with E-state index in [2.05, 4.69) is 15.5 Å². The first-order valence-corrected chi connectivity index (χ1v) is 9.94. The second-order valence-electron chi connectivity index (χ2n) is 8.21. The van der Waals surface area contributed by atoms with E-state index in [9.17, 15) is 18.0 Å². The van der Waals surface area contributed by atoms with Gasteiger partial charge >= 0.3 is 0 Å². The summed E-state index contributed by atoms with van der Waals surface area (Å²) in [5, 5.41) is 12.8. The van der Waals surface area contributed by atoms with Crippen molar-refractivity contribution in [2.45, 2.75) is 58.0 Å². The van der Waals surface area contributed by atoms with Crippen LogP contribution in [0.5, 0.6) is 0 Å². The van der Waals surface area contributed by atoms with E-state index in [0.29, 0.717) is 22.3 Å². The fourth-order valence-corrected chi connectivity index (χ4v) is 4.07. The summed E-state index contributed by atoms with van der Waals surface area (Å²) < 4.78 is 42.4. The zero-order valence-electron chi connectivity index (χ0n) is 17.0. The molecular weight excluding hydrogens is 393 g/mol. The summed E-state index contributed by atoms with van der Waals surface area (Å²) in [4.78, 5) is 12.7. The van der Waals surface area contributed by atoms with Crippen molar-refractivity contribution in [3.05, 3.63) is 63.5 Å². The fraction of sp³-hybridized carbons (Fsp3) is 0.409. The number of rotatable bonds is 5. The molecule has 1 fully saturated rings. The van der Waals surface area contributed by atoms with E-state index in [1.165, 1.54) is 12.1 Å². The van der Waals surface area contributed by atoms with Crippen LogP contribution in [-0.4, -0.2) is 14.8 Å². The molecule has 1 N–H and O–H groups in total. The highest BCUT2D eigenvalue weighted by Crippen LogP contribution is 2.38. The van der Waals surface area contributed by atoms with Gasteiger partial charge in [0.15, 0.2) is 5.82 Å². The number of pyridine rings is 1. The Morgan fingerprint density at radius 2 is 1.87 bits per heavy atom. The smallest absolute Gasteiger partial charge is 0.266 e. The summed E-state index contributed by atoms with van der Waals surface area (Å²) in [7, 11) is 0. The summed E-state index contributed by atoms with van der Waals surface area (Å²) in [6.07, 6.45) is 1.78. The molecule has 3 aromatic rings. The van der Waals surface area contributed by atoms with E-state index in [0.717, 1.165) is 25.3 Å². The quantitative estimate of drug-likeness (QED) is 0.617. The van der Waals surface area contributed by atoms with Crippen LogP contribution >= 0.6 is 0 Å². The molecule has 1 atom stereocenters. The van der Waals surface area contributed by atoms with E-state index in [1.807, 2.05) is 6.92 Å². The van der Waals surface area contributed by atoms with Crippen LogP contribution in [0.15, 0.2) is 35.3 Å². The summed E-state index contributed by atoms with van der Waals surface area (Å²) in [6.45, 7) is 5.49. The highest BCUT2D eigenvalue weighted by molar-refractivity contribution is 5.92. The molecule has 1 aliphatic rings. The van der Waals surface area contributed by atoms with Gasteiger partial charge in [-0.15, -0.1) is 5.10 Å². The first-order valence-electron chi connectivity index (χ1n) is 9.94. The van der Waals surface area contributed by atoms with Gasteiger partial charge in [0.2, 0.25) is 0 Å². The number of nitrogens with zero attached hydrogens (tertiary/aromatic N) is 3. The maximum atomic E-state index is 14.6. The van der Waals surface area contributed by atoms with E-state index in [1.54, 1.807) is 30.7 Å². The molecule has 4 rings (SSSR count). The van der Waals surface area contributed by atoms with E-state index in [-0.39, 0.29) is 16.7 Å².